The van der Waals surface area contributed by atoms with E-state index in [1.807, 2.05) is 79.0 Å². The van der Waals surface area contributed by atoms with Crippen LogP contribution >= 0.6 is 0 Å². The Morgan fingerprint density at radius 3 is 2.49 bits per heavy atom. The molecule has 45 heavy (non-hydrogen) atoms. The molecular formula is C38H25N4O2Pt-3. The third-order valence-electron chi connectivity index (χ3n) is 8.15. The van der Waals surface area contributed by atoms with Crippen LogP contribution in [0.3, 0.4) is 0 Å². The van der Waals surface area contributed by atoms with Crippen LogP contribution in [0.1, 0.15) is 9.68 Å². The number of anilines is 3. The van der Waals surface area contributed by atoms with Crippen LogP contribution in [0.4, 0.5) is 17.1 Å². The zero-order valence-electron chi connectivity index (χ0n) is 26.9. The molecule has 7 heteroatoms. The quantitative estimate of drug-likeness (QED) is 0.167. The maximum atomic E-state index is 8.01. The zero-order valence-corrected chi connectivity index (χ0v) is 26.2. The molecule has 3 aromatic heterocycles. The van der Waals surface area contributed by atoms with Gasteiger partial charge in [0.2, 0.25) is 0 Å². The van der Waals surface area contributed by atoms with Crippen LogP contribution in [0, 0.1) is 25.7 Å². The Bertz CT molecular complexity index is 2520. The van der Waals surface area contributed by atoms with Crippen molar-refractivity contribution in [3.8, 4) is 17.3 Å². The maximum Gasteiger partial charge on any atom is 0.140 e. The fraction of sp³-hybridized carbons (Fsp3) is 0.0526. The van der Waals surface area contributed by atoms with Gasteiger partial charge in [0.15, 0.2) is 0 Å². The van der Waals surface area contributed by atoms with Crippen LogP contribution in [0.15, 0.2) is 114 Å². The van der Waals surface area contributed by atoms with Gasteiger partial charge in [-0.05, 0) is 49.1 Å². The molecule has 1 aliphatic heterocycles. The van der Waals surface area contributed by atoms with Gasteiger partial charge in [-0.15, -0.1) is 41.4 Å². The third kappa shape index (κ3) is 4.40. The molecule has 0 fully saturated rings. The van der Waals surface area contributed by atoms with Crippen LogP contribution in [0.5, 0.6) is 11.5 Å². The molecule has 0 saturated heterocycles. The van der Waals surface area contributed by atoms with Crippen LogP contribution in [-0.4, -0.2) is 16.5 Å². The first kappa shape index (κ1) is 24.3. The van der Waals surface area contributed by atoms with Gasteiger partial charge in [-0.1, -0.05) is 48.0 Å². The molecule has 0 amide bonds. The van der Waals surface area contributed by atoms with Crippen molar-refractivity contribution in [2.75, 3.05) is 16.8 Å². The first-order valence-electron chi connectivity index (χ1n) is 15.8. The second-order valence-electron chi connectivity index (χ2n) is 10.9. The molecule has 9 rings (SSSR count). The maximum absolute atomic E-state index is 8.01. The van der Waals surface area contributed by atoms with Crippen LogP contribution in [0.2, 0.25) is 0 Å². The predicted molar refractivity (Wildman–Crippen MR) is 176 cm³/mol. The third-order valence-corrected chi connectivity index (χ3v) is 8.15. The van der Waals surface area contributed by atoms with E-state index in [1.165, 1.54) is 4.90 Å². The number of aromatic nitrogens is 2. The Morgan fingerprint density at radius 1 is 0.778 bits per heavy atom. The summed E-state index contributed by atoms with van der Waals surface area (Å²) in [6.07, 6.45) is 1.87. The van der Waals surface area contributed by atoms with Crippen LogP contribution in [0.25, 0.3) is 49.6 Å². The minimum Gasteiger partial charge on any atom is -0.509 e. The number of hydrogen-bond acceptors (Lipinski definition) is 5. The van der Waals surface area contributed by atoms with Crippen molar-refractivity contribution in [1.82, 2.24) is 9.55 Å². The summed E-state index contributed by atoms with van der Waals surface area (Å²) < 4.78 is 38.7. The summed E-state index contributed by atoms with van der Waals surface area (Å²) in [6.45, 7) is 1.30. The average Bonchev–Trinajstić information content (AvgIpc) is 3.73. The molecule has 0 saturated carbocycles. The van der Waals surface area contributed by atoms with E-state index in [9.17, 15) is 0 Å². The number of benzene rings is 5. The molecule has 0 aliphatic carbocycles. The number of ether oxygens (including phenoxy) is 1. The van der Waals surface area contributed by atoms with E-state index >= 15 is 0 Å². The topological polar surface area (TPSA) is 46.7 Å². The molecule has 0 spiro atoms. The SMILES string of the molecule is [2H]C([2H])([2H])N1[CH-]N(c2[c-]c(Oc3[c-]c4c(cc3)c3ccccc3n4-c3cc4oc5cc(C)ccc5c4cn3)ccc2)c2ccccc21.[Pt]. The summed E-state index contributed by atoms with van der Waals surface area (Å²) in [4.78, 5) is 7.99. The number of pyridine rings is 1. The molecule has 0 bridgehead atoms. The number of hydrogen-bond donors (Lipinski definition) is 0. The Balaban J connectivity index is 0.00000336. The molecular weight excluding hydrogens is 740 g/mol. The number of fused-ring (bicyclic) bond motifs is 7. The number of rotatable bonds is 4. The summed E-state index contributed by atoms with van der Waals surface area (Å²) in [7, 11) is 0. The summed E-state index contributed by atoms with van der Waals surface area (Å²) in [6, 6.07) is 40.0. The van der Waals surface area contributed by atoms with Gasteiger partial charge in [-0.25, -0.2) is 4.98 Å². The summed E-state index contributed by atoms with van der Waals surface area (Å²) >= 11 is 0. The van der Waals surface area contributed by atoms with E-state index in [2.05, 4.69) is 47.9 Å². The van der Waals surface area contributed by atoms with Gasteiger partial charge in [0.05, 0.1) is 0 Å². The predicted octanol–water partition coefficient (Wildman–Crippen LogP) is 9.48. The molecule has 0 atom stereocenters. The molecule has 8 aromatic rings. The van der Waals surface area contributed by atoms with Gasteiger partial charge < -0.3 is 23.5 Å². The molecule has 0 radical (unpaired) electrons. The summed E-state index contributed by atoms with van der Waals surface area (Å²) in [5.74, 6) is 1.68. The smallest absolute Gasteiger partial charge is 0.140 e. The first-order valence-corrected chi connectivity index (χ1v) is 14.3. The molecule has 4 heterocycles. The average molecular weight is 768 g/mol. The van der Waals surface area contributed by atoms with Gasteiger partial charge in [0.25, 0.3) is 0 Å². The van der Waals surface area contributed by atoms with Gasteiger partial charge in [-0.2, -0.15) is 18.8 Å². The minimum absolute atomic E-state index is 0. The van der Waals surface area contributed by atoms with E-state index in [0.29, 0.717) is 28.7 Å². The van der Waals surface area contributed by atoms with E-state index in [0.717, 1.165) is 55.0 Å². The number of furan rings is 1. The van der Waals surface area contributed by atoms with E-state index in [1.54, 1.807) is 17.6 Å². The van der Waals surface area contributed by atoms with Crippen molar-refractivity contribution in [1.29, 1.82) is 0 Å². The number of nitrogens with zero attached hydrogens (tertiary/aromatic N) is 4. The van der Waals surface area contributed by atoms with Gasteiger partial charge in [-0.3, -0.25) is 0 Å². The molecule has 0 N–H and O–H groups in total. The first-order chi connectivity index (χ1) is 22.8. The number of para-hydroxylation sites is 3. The van der Waals surface area contributed by atoms with E-state index < -0.39 is 6.98 Å². The fourth-order valence-electron chi connectivity index (χ4n) is 6.12. The van der Waals surface area contributed by atoms with Crippen molar-refractivity contribution in [3.63, 3.8) is 0 Å². The Morgan fingerprint density at radius 2 is 1.58 bits per heavy atom. The van der Waals surface area contributed by atoms with Gasteiger partial charge in [0, 0.05) is 76.6 Å². The fourth-order valence-corrected chi connectivity index (χ4v) is 6.12. The molecule has 0 unspecified atom stereocenters. The largest absolute Gasteiger partial charge is 0.509 e. The standard InChI is InChI=1S/C38H25N4O2.Pt/c1-24-14-16-30-31-22-39-38(21-37(31)44-36(30)18-24)42-32-11-4-3-10-28(32)29-17-15-27(20-35(29)42)43-26-9-7-8-25(19-26)41-23-40(2)33-12-5-6-13-34(33)41;/h3-18,21-23H,1-2H3;/q-3;/i2D3;. The van der Waals surface area contributed by atoms with E-state index in [-0.39, 0.29) is 21.1 Å². The molecule has 5 aromatic carbocycles. The van der Waals surface area contributed by atoms with Crippen LogP contribution < -0.4 is 14.5 Å². The monoisotopic (exact) mass is 767 g/mol. The second-order valence-corrected chi connectivity index (χ2v) is 10.9. The van der Waals surface area contributed by atoms with Gasteiger partial charge >= 0.3 is 0 Å². The molecule has 222 valence electrons. The van der Waals surface area contributed by atoms with Crippen molar-refractivity contribution in [2.45, 2.75) is 6.92 Å². The van der Waals surface area contributed by atoms with Gasteiger partial charge in [0.1, 0.15) is 17.0 Å². The van der Waals surface area contributed by atoms with Crippen LogP contribution in [-0.2, 0) is 21.1 Å². The Kier molecular flexibility index (Phi) is 5.68. The van der Waals surface area contributed by atoms with Crippen molar-refractivity contribution in [2.24, 2.45) is 0 Å². The van der Waals surface area contributed by atoms with Crippen molar-refractivity contribution >= 4 is 60.8 Å². The zero-order chi connectivity index (χ0) is 31.9. The summed E-state index contributed by atoms with van der Waals surface area (Å²) in [5, 5.41) is 4.09. The second kappa shape index (κ2) is 10.5. The molecule has 1 aliphatic rings. The minimum atomic E-state index is -2.33. The normalized spacial score (nSPS) is 14.0. The number of aryl methyl sites for hydroxylation is 1. The van der Waals surface area contributed by atoms with E-state index in [4.69, 9.17) is 18.3 Å². The molecule has 6 nitrogen and oxygen atoms in total. The Hall–Kier alpha value is -5.06. The van der Waals surface area contributed by atoms with Crippen molar-refractivity contribution < 1.29 is 34.3 Å². The Labute approximate surface area is 278 Å². The summed E-state index contributed by atoms with van der Waals surface area (Å²) in [5.41, 5.74) is 6.54. The van der Waals surface area contributed by atoms with Crippen molar-refractivity contribution in [3.05, 3.63) is 134 Å².